The molecule has 3 aromatic rings. The molecule has 0 aliphatic carbocycles. The second-order valence-electron chi connectivity index (χ2n) is 4.61. The van der Waals surface area contributed by atoms with Crippen LogP contribution in [-0.2, 0) is 12.8 Å². The van der Waals surface area contributed by atoms with Crippen molar-refractivity contribution in [1.82, 2.24) is 14.5 Å². The van der Waals surface area contributed by atoms with Crippen molar-refractivity contribution >= 4 is 34.1 Å². The quantitative estimate of drug-likeness (QED) is 0.725. The van der Waals surface area contributed by atoms with E-state index in [1.165, 1.54) is 11.3 Å². The van der Waals surface area contributed by atoms with Gasteiger partial charge >= 0.3 is 0 Å². The Morgan fingerprint density at radius 1 is 1.45 bits per heavy atom. The number of thiazole rings is 1. The van der Waals surface area contributed by atoms with Crippen molar-refractivity contribution in [3.63, 3.8) is 0 Å². The molecule has 3 heterocycles. The third-order valence-electron chi connectivity index (χ3n) is 2.85. The van der Waals surface area contributed by atoms with Gasteiger partial charge in [-0.05, 0) is 19.1 Å². The highest BCUT2D eigenvalue weighted by Gasteiger charge is 2.13. The van der Waals surface area contributed by atoms with E-state index in [1.807, 2.05) is 24.7 Å². The number of nitrogens with zero attached hydrogens (tertiary/aromatic N) is 3. The van der Waals surface area contributed by atoms with E-state index in [-0.39, 0.29) is 11.7 Å². The summed E-state index contributed by atoms with van der Waals surface area (Å²) >= 11 is 2.98. The Morgan fingerprint density at radius 3 is 3.00 bits per heavy atom. The van der Waals surface area contributed by atoms with Gasteiger partial charge in [-0.25, -0.2) is 9.97 Å². The largest absolute Gasteiger partial charge is 0.455 e. The van der Waals surface area contributed by atoms with Gasteiger partial charge in [-0.3, -0.25) is 10.1 Å². The zero-order valence-electron chi connectivity index (χ0n) is 12.1. The molecule has 0 saturated carbocycles. The van der Waals surface area contributed by atoms with Gasteiger partial charge in [0.25, 0.3) is 5.91 Å². The molecule has 0 bridgehead atoms. The minimum absolute atomic E-state index is 0.281. The van der Waals surface area contributed by atoms with Crippen LogP contribution in [0.15, 0.2) is 40.3 Å². The van der Waals surface area contributed by atoms with Crippen LogP contribution >= 0.6 is 23.1 Å². The number of carbonyl (C=O) groups is 1. The van der Waals surface area contributed by atoms with Crippen LogP contribution in [0.3, 0.4) is 0 Å². The van der Waals surface area contributed by atoms with Crippen molar-refractivity contribution in [1.29, 1.82) is 0 Å². The van der Waals surface area contributed by atoms with E-state index in [2.05, 4.69) is 15.3 Å². The third kappa shape index (κ3) is 3.40. The number of aryl methyl sites for hydroxylation is 2. The average Bonchev–Trinajstić information content (AvgIpc) is 3.19. The fourth-order valence-corrected chi connectivity index (χ4v) is 3.26. The van der Waals surface area contributed by atoms with Crippen LogP contribution in [0.25, 0.3) is 0 Å². The highest BCUT2D eigenvalue weighted by atomic mass is 32.2. The van der Waals surface area contributed by atoms with Crippen LogP contribution < -0.4 is 5.32 Å². The van der Waals surface area contributed by atoms with Crippen molar-refractivity contribution in [2.45, 2.75) is 17.8 Å². The molecule has 8 heteroatoms. The minimum Gasteiger partial charge on any atom is -0.455 e. The number of hydrogen-bond acceptors (Lipinski definition) is 6. The van der Waals surface area contributed by atoms with Crippen molar-refractivity contribution in [2.75, 3.05) is 5.32 Å². The molecule has 0 spiro atoms. The Kier molecular flexibility index (Phi) is 4.30. The predicted octanol–water partition coefficient (Wildman–Crippen LogP) is 3.32. The molecule has 3 rings (SSSR count). The van der Waals surface area contributed by atoms with Crippen molar-refractivity contribution in [3.05, 3.63) is 47.1 Å². The zero-order valence-corrected chi connectivity index (χ0v) is 13.7. The van der Waals surface area contributed by atoms with Gasteiger partial charge in [0, 0.05) is 30.5 Å². The van der Waals surface area contributed by atoms with E-state index in [4.69, 9.17) is 4.42 Å². The van der Waals surface area contributed by atoms with Crippen LogP contribution in [0, 0.1) is 6.92 Å². The summed E-state index contributed by atoms with van der Waals surface area (Å²) in [6.07, 6.45) is 5.36. The van der Waals surface area contributed by atoms with E-state index in [0.29, 0.717) is 10.9 Å². The monoisotopic (exact) mass is 334 g/mol. The van der Waals surface area contributed by atoms with E-state index in [0.717, 1.165) is 15.8 Å². The molecule has 0 atom stereocenters. The fourth-order valence-electron chi connectivity index (χ4n) is 1.78. The molecule has 3 aromatic heterocycles. The first-order valence-corrected chi connectivity index (χ1v) is 8.34. The predicted molar refractivity (Wildman–Crippen MR) is 86.3 cm³/mol. The molecule has 0 unspecified atom stereocenters. The highest BCUT2D eigenvalue weighted by molar-refractivity contribution is 7.98. The first-order chi connectivity index (χ1) is 10.6. The Morgan fingerprint density at radius 2 is 2.32 bits per heavy atom. The standard InChI is InChI=1S/C14H14N4O2S2/c1-9-7-16-13(22-9)17-12(19)11-4-3-10(20-11)8-21-14-15-5-6-18(14)2/h3-7H,8H2,1-2H3,(H,16,17,19). The van der Waals surface area contributed by atoms with E-state index >= 15 is 0 Å². The smallest absolute Gasteiger partial charge is 0.293 e. The lowest BCUT2D eigenvalue weighted by molar-refractivity contribution is 0.0995. The first kappa shape index (κ1) is 14.9. The Labute approximate surface area is 135 Å². The van der Waals surface area contributed by atoms with Gasteiger partial charge in [0.15, 0.2) is 16.0 Å². The molecule has 0 fully saturated rings. The topological polar surface area (TPSA) is 73.0 Å². The maximum absolute atomic E-state index is 12.1. The fraction of sp³-hybridized carbons (Fsp3) is 0.214. The van der Waals surface area contributed by atoms with Crippen LogP contribution in [0.5, 0.6) is 0 Å². The summed E-state index contributed by atoms with van der Waals surface area (Å²) in [6, 6.07) is 3.47. The van der Waals surface area contributed by atoms with Gasteiger partial charge in [-0.15, -0.1) is 11.3 Å². The Balaban J connectivity index is 1.60. The number of thioether (sulfide) groups is 1. The van der Waals surface area contributed by atoms with Crippen LogP contribution in [0.4, 0.5) is 5.13 Å². The summed E-state index contributed by atoms with van der Waals surface area (Å²) in [4.78, 5) is 21.4. The SMILES string of the molecule is Cc1cnc(NC(=O)c2ccc(CSc3nccn3C)o2)s1. The van der Waals surface area contributed by atoms with Gasteiger partial charge in [-0.2, -0.15) is 0 Å². The number of carbonyl (C=O) groups excluding carboxylic acids is 1. The lowest BCUT2D eigenvalue weighted by Gasteiger charge is -2.00. The van der Waals surface area contributed by atoms with Crippen LogP contribution in [-0.4, -0.2) is 20.4 Å². The molecule has 1 N–H and O–H groups in total. The second-order valence-corrected chi connectivity index (χ2v) is 6.78. The normalized spacial score (nSPS) is 10.8. The maximum Gasteiger partial charge on any atom is 0.293 e. The molecule has 0 aromatic carbocycles. The first-order valence-electron chi connectivity index (χ1n) is 6.54. The van der Waals surface area contributed by atoms with Crippen molar-refractivity contribution in [2.24, 2.45) is 7.05 Å². The van der Waals surface area contributed by atoms with E-state index < -0.39 is 0 Å². The molecule has 114 valence electrons. The molecular formula is C14H14N4O2S2. The minimum atomic E-state index is -0.289. The lowest BCUT2D eigenvalue weighted by atomic mass is 10.4. The van der Waals surface area contributed by atoms with Gasteiger partial charge < -0.3 is 8.98 Å². The Bertz CT molecular complexity index is 790. The van der Waals surface area contributed by atoms with Gasteiger partial charge in [-0.1, -0.05) is 11.8 Å². The number of rotatable bonds is 5. The molecule has 1 amide bonds. The number of amides is 1. The lowest BCUT2D eigenvalue weighted by Crippen LogP contribution is -2.10. The third-order valence-corrected chi connectivity index (χ3v) is 4.76. The molecule has 0 aliphatic heterocycles. The molecule has 0 aliphatic rings. The number of nitrogens with one attached hydrogen (secondary N) is 1. The van der Waals surface area contributed by atoms with Crippen LogP contribution in [0.2, 0.25) is 0 Å². The molecule has 22 heavy (non-hydrogen) atoms. The summed E-state index contributed by atoms with van der Waals surface area (Å²) in [5.41, 5.74) is 0. The van der Waals surface area contributed by atoms with Gasteiger partial charge in [0.2, 0.25) is 0 Å². The summed E-state index contributed by atoms with van der Waals surface area (Å²) in [5.74, 6) is 1.34. The Hall–Kier alpha value is -2.06. The molecule has 6 nitrogen and oxygen atoms in total. The van der Waals surface area contributed by atoms with Gasteiger partial charge in [0.05, 0.1) is 5.75 Å². The molecule has 0 saturated heterocycles. The highest BCUT2D eigenvalue weighted by Crippen LogP contribution is 2.23. The number of imidazole rings is 1. The maximum atomic E-state index is 12.1. The summed E-state index contributed by atoms with van der Waals surface area (Å²) in [7, 11) is 1.94. The van der Waals surface area contributed by atoms with Gasteiger partial charge in [0.1, 0.15) is 5.76 Å². The van der Waals surface area contributed by atoms with Crippen molar-refractivity contribution < 1.29 is 9.21 Å². The van der Waals surface area contributed by atoms with E-state index in [1.54, 1.807) is 36.3 Å². The number of aromatic nitrogens is 3. The second kappa shape index (κ2) is 6.37. The number of furan rings is 1. The number of hydrogen-bond donors (Lipinski definition) is 1. The molecule has 0 radical (unpaired) electrons. The van der Waals surface area contributed by atoms with E-state index in [9.17, 15) is 4.79 Å². The summed E-state index contributed by atoms with van der Waals surface area (Å²) < 4.78 is 7.51. The summed E-state index contributed by atoms with van der Waals surface area (Å²) in [6.45, 7) is 1.94. The average molecular weight is 334 g/mol. The molecular weight excluding hydrogens is 320 g/mol. The number of anilines is 1. The van der Waals surface area contributed by atoms with Crippen molar-refractivity contribution in [3.8, 4) is 0 Å². The van der Waals surface area contributed by atoms with Crippen LogP contribution in [0.1, 0.15) is 21.2 Å². The zero-order chi connectivity index (χ0) is 15.5. The summed E-state index contributed by atoms with van der Waals surface area (Å²) in [5, 5.41) is 4.20.